The molecule has 0 radical (unpaired) electrons. The van der Waals surface area contributed by atoms with Crippen LogP contribution in [-0.4, -0.2) is 4.57 Å². The third-order valence-electron chi connectivity index (χ3n) is 2.44. The van der Waals surface area contributed by atoms with Crippen molar-refractivity contribution in [1.82, 2.24) is 4.57 Å². The van der Waals surface area contributed by atoms with Gasteiger partial charge in [-0.3, -0.25) is 4.79 Å². The van der Waals surface area contributed by atoms with E-state index in [9.17, 15) is 9.18 Å². The second-order valence-corrected chi connectivity index (χ2v) is 4.37. The summed E-state index contributed by atoms with van der Waals surface area (Å²) in [5.74, 6) is -0.353. The smallest absolute Gasteiger partial charge is 0.253 e. The quantitative estimate of drug-likeness (QED) is 0.721. The van der Waals surface area contributed by atoms with Crippen molar-refractivity contribution >= 4 is 26.8 Å². The third kappa shape index (κ3) is 1.59. The first-order valence-electron chi connectivity index (χ1n) is 4.46. The molecule has 0 fully saturated rings. The molecule has 0 aliphatic carbocycles. The molecule has 0 aliphatic heterocycles. The van der Waals surface area contributed by atoms with Gasteiger partial charge in [0.05, 0.1) is 5.52 Å². The lowest BCUT2D eigenvalue weighted by Gasteiger charge is -2.08. The van der Waals surface area contributed by atoms with E-state index in [2.05, 4.69) is 15.9 Å². The Hall–Kier alpha value is -1.16. The molecule has 0 aliphatic rings. The van der Waals surface area contributed by atoms with E-state index in [1.807, 2.05) is 0 Å². The second-order valence-electron chi connectivity index (χ2n) is 3.51. The van der Waals surface area contributed by atoms with E-state index in [1.165, 1.54) is 16.7 Å². The van der Waals surface area contributed by atoms with Crippen LogP contribution in [0.5, 0.6) is 0 Å². The highest BCUT2D eigenvalue weighted by atomic mass is 79.9. The van der Waals surface area contributed by atoms with Gasteiger partial charge in [0.1, 0.15) is 5.82 Å². The van der Waals surface area contributed by atoms with Gasteiger partial charge in [0.25, 0.3) is 5.56 Å². The summed E-state index contributed by atoms with van der Waals surface area (Å²) in [7, 11) is 1.64. The Bertz CT molecular complexity index is 604. The molecule has 1 heterocycles. The van der Waals surface area contributed by atoms with Crippen LogP contribution in [0.4, 0.5) is 4.39 Å². The van der Waals surface area contributed by atoms with E-state index in [0.717, 1.165) is 5.39 Å². The van der Waals surface area contributed by atoms with Crippen molar-refractivity contribution in [2.24, 2.45) is 7.05 Å². The van der Waals surface area contributed by atoms with Gasteiger partial charge in [0.2, 0.25) is 0 Å². The van der Waals surface area contributed by atoms with Gasteiger partial charge in [-0.2, -0.15) is 0 Å². The van der Waals surface area contributed by atoms with Crippen LogP contribution in [0.2, 0.25) is 0 Å². The summed E-state index contributed by atoms with van der Waals surface area (Å²) in [4.78, 5) is 11.6. The van der Waals surface area contributed by atoms with E-state index in [4.69, 9.17) is 0 Å². The first-order chi connectivity index (χ1) is 7.00. The summed E-state index contributed by atoms with van der Waals surface area (Å²) in [5, 5.41) is 0.844. The lowest BCUT2D eigenvalue weighted by Crippen LogP contribution is -2.19. The van der Waals surface area contributed by atoms with Gasteiger partial charge in [0, 0.05) is 22.5 Å². The molecule has 0 spiro atoms. The highest BCUT2D eigenvalue weighted by Crippen LogP contribution is 2.24. The molecule has 4 heteroatoms. The van der Waals surface area contributed by atoms with E-state index in [1.54, 1.807) is 20.0 Å². The summed E-state index contributed by atoms with van der Waals surface area (Å²) in [6, 6.07) is 4.52. The molecule has 2 aromatic rings. The van der Waals surface area contributed by atoms with Crippen LogP contribution < -0.4 is 5.56 Å². The topological polar surface area (TPSA) is 22.0 Å². The average Bonchev–Trinajstić information content (AvgIpc) is 2.17. The Balaban J connectivity index is 3.05. The number of aryl methyl sites for hydroxylation is 2. The number of hydrogen-bond acceptors (Lipinski definition) is 1. The molecular formula is C11H9BrFNO. The normalized spacial score (nSPS) is 10.9. The van der Waals surface area contributed by atoms with E-state index < -0.39 is 0 Å². The lowest BCUT2D eigenvalue weighted by molar-refractivity contribution is 0.627. The standard InChI is InChI=1S/C11H9BrFNO/c1-6-3-8-9(12)4-7(13)5-10(8)14(2)11(6)15/h3-5H,1-2H3. The summed E-state index contributed by atoms with van der Waals surface area (Å²) in [6.45, 7) is 1.75. The third-order valence-corrected chi connectivity index (χ3v) is 3.09. The zero-order chi connectivity index (χ0) is 11.2. The number of benzene rings is 1. The molecule has 0 bridgehead atoms. The maximum Gasteiger partial charge on any atom is 0.253 e. The molecule has 2 rings (SSSR count). The highest BCUT2D eigenvalue weighted by Gasteiger charge is 2.07. The molecule has 0 saturated heterocycles. The minimum atomic E-state index is -0.353. The van der Waals surface area contributed by atoms with E-state index in [0.29, 0.717) is 15.6 Å². The summed E-state index contributed by atoms with van der Waals surface area (Å²) < 4.78 is 15.3. The van der Waals surface area contributed by atoms with Gasteiger partial charge in [-0.05, 0) is 41.1 Å². The predicted molar refractivity (Wildman–Crippen MR) is 61.6 cm³/mol. The molecule has 0 N–H and O–H groups in total. The molecule has 0 unspecified atom stereocenters. The highest BCUT2D eigenvalue weighted by molar-refractivity contribution is 9.10. The van der Waals surface area contributed by atoms with Crippen LogP contribution in [0.25, 0.3) is 10.9 Å². The Morgan fingerprint density at radius 1 is 1.33 bits per heavy atom. The first kappa shape index (κ1) is 10.4. The van der Waals surface area contributed by atoms with Crippen molar-refractivity contribution in [2.75, 3.05) is 0 Å². The fourth-order valence-electron chi connectivity index (χ4n) is 1.64. The van der Waals surface area contributed by atoms with E-state index >= 15 is 0 Å². The zero-order valence-electron chi connectivity index (χ0n) is 8.34. The monoisotopic (exact) mass is 269 g/mol. The molecule has 2 nitrogen and oxygen atoms in total. The van der Waals surface area contributed by atoms with Crippen LogP contribution in [0, 0.1) is 12.7 Å². The maximum absolute atomic E-state index is 13.2. The van der Waals surface area contributed by atoms with Crippen molar-refractivity contribution in [3.63, 3.8) is 0 Å². The Morgan fingerprint density at radius 2 is 2.00 bits per heavy atom. The van der Waals surface area contributed by atoms with Crippen LogP contribution in [0.3, 0.4) is 0 Å². The SMILES string of the molecule is Cc1cc2c(Br)cc(F)cc2n(C)c1=O. The van der Waals surface area contributed by atoms with Gasteiger partial charge < -0.3 is 4.57 Å². The van der Waals surface area contributed by atoms with Gasteiger partial charge in [-0.15, -0.1) is 0 Å². The minimum Gasteiger partial charge on any atom is -0.311 e. The molecule has 0 atom stereocenters. The second kappa shape index (κ2) is 3.45. The Morgan fingerprint density at radius 3 is 2.67 bits per heavy atom. The van der Waals surface area contributed by atoms with Crippen LogP contribution in [0.15, 0.2) is 27.5 Å². The van der Waals surface area contributed by atoms with Crippen molar-refractivity contribution in [1.29, 1.82) is 0 Å². The van der Waals surface area contributed by atoms with Gasteiger partial charge in [-0.1, -0.05) is 0 Å². The Labute approximate surface area is 94.5 Å². The van der Waals surface area contributed by atoms with Crippen molar-refractivity contribution < 1.29 is 4.39 Å². The van der Waals surface area contributed by atoms with E-state index in [-0.39, 0.29) is 11.4 Å². The van der Waals surface area contributed by atoms with Crippen LogP contribution in [-0.2, 0) is 7.05 Å². The molecule has 0 saturated carbocycles. The number of fused-ring (bicyclic) bond motifs is 1. The molecule has 1 aromatic carbocycles. The van der Waals surface area contributed by atoms with Gasteiger partial charge in [-0.25, -0.2) is 4.39 Å². The van der Waals surface area contributed by atoms with Crippen LogP contribution in [0.1, 0.15) is 5.56 Å². The summed E-state index contributed by atoms with van der Waals surface area (Å²) in [5.41, 5.74) is 1.15. The zero-order valence-corrected chi connectivity index (χ0v) is 9.93. The average molecular weight is 270 g/mol. The fourth-order valence-corrected chi connectivity index (χ4v) is 2.18. The summed E-state index contributed by atoms with van der Waals surface area (Å²) in [6.07, 6.45) is 0. The molecule has 15 heavy (non-hydrogen) atoms. The van der Waals surface area contributed by atoms with Gasteiger partial charge >= 0.3 is 0 Å². The number of pyridine rings is 1. The van der Waals surface area contributed by atoms with Crippen molar-refractivity contribution in [3.05, 3.63) is 44.4 Å². The largest absolute Gasteiger partial charge is 0.311 e. The molecule has 1 aromatic heterocycles. The number of nitrogens with zero attached hydrogens (tertiary/aromatic N) is 1. The fraction of sp³-hybridized carbons (Fsp3) is 0.182. The number of rotatable bonds is 0. The predicted octanol–water partition coefficient (Wildman–Crippen LogP) is 2.75. The molecular weight excluding hydrogens is 261 g/mol. The van der Waals surface area contributed by atoms with Crippen LogP contribution >= 0.6 is 15.9 Å². The molecule has 0 amide bonds. The summed E-state index contributed by atoms with van der Waals surface area (Å²) >= 11 is 3.29. The maximum atomic E-state index is 13.2. The lowest BCUT2D eigenvalue weighted by atomic mass is 10.1. The van der Waals surface area contributed by atoms with Crippen molar-refractivity contribution in [3.8, 4) is 0 Å². The van der Waals surface area contributed by atoms with Gasteiger partial charge in [0.15, 0.2) is 0 Å². The number of hydrogen-bond donors (Lipinski definition) is 0. The van der Waals surface area contributed by atoms with Crippen molar-refractivity contribution in [2.45, 2.75) is 6.92 Å². The Kier molecular flexibility index (Phi) is 2.38. The molecule has 78 valence electrons. The first-order valence-corrected chi connectivity index (χ1v) is 5.25. The number of aromatic nitrogens is 1. The number of halogens is 2. The minimum absolute atomic E-state index is 0.0972.